The average molecular weight is 375 g/mol. The van der Waals surface area contributed by atoms with E-state index in [1.54, 1.807) is 0 Å². The maximum atomic E-state index is 13.4. The molecule has 0 aliphatic heterocycles. The average Bonchev–Trinajstić information content (AvgIpc) is 3.14. The summed E-state index contributed by atoms with van der Waals surface area (Å²) >= 11 is 0. The van der Waals surface area contributed by atoms with Crippen LogP contribution in [0.2, 0.25) is 0 Å². The molecule has 146 valence electrons. The van der Waals surface area contributed by atoms with Gasteiger partial charge in [0, 0.05) is 24.5 Å². The minimum absolute atomic E-state index is 0.0962. The normalized spacial score (nSPS) is 12.1. The third-order valence-corrected chi connectivity index (χ3v) is 5.27. The first-order valence-corrected chi connectivity index (χ1v) is 10.1. The highest BCUT2D eigenvalue weighted by atomic mass is 16.2. The van der Waals surface area contributed by atoms with Crippen molar-refractivity contribution in [3.63, 3.8) is 0 Å². The van der Waals surface area contributed by atoms with Gasteiger partial charge in [-0.2, -0.15) is 0 Å². The molecule has 0 aliphatic carbocycles. The zero-order valence-electron chi connectivity index (χ0n) is 17.1. The lowest BCUT2D eigenvalue weighted by molar-refractivity contribution is -0.135. The summed E-state index contributed by atoms with van der Waals surface area (Å²) in [5.74, 6) is 0.109. The number of amides is 1. The molecule has 1 amide bonds. The molecule has 1 heterocycles. The van der Waals surface area contributed by atoms with Crippen LogP contribution in [0.25, 0.3) is 0 Å². The smallest absolute Gasteiger partial charge is 0.230 e. The van der Waals surface area contributed by atoms with Gasteiger partial charge in [0.05, 0.1) is 12.5 Å². The van der Waals surface area contributed by atoms with E-state index in [0.29, 0.717) is 6.54 Å². The molecule has 0 unspecified atom stereocenters. The van der Waals surface area contributed by atoms with Crippen LogP contribution in [0.1, 0.15) is 49.9 Å². The van der Waals surface area contributed by atoms with Gasteiger partial charge in [-0.05, 0) is 43.5 Å². The summed E-state index contributed by atoms with van der Waals surface area (Å²) in [5.41, 5.74) is 3.52. The quantitative estimate of drug-likeness (QED) is 0.513. The molecule has 1 atom stereocenters. The lowest BCUT2D eigenvalue weighted by Crippen LogP contribution is -2.40. The molecule has 3 nitrogen and oxygen atoms in total. The number of aromatic nitrogens is 1. The van der Waals surface area contributed by atoms with Crippen molar-refractivity contribution in [3.8, 4) is 0 Å². The maximum absolute atomic E-state index is 13.4. The van der Waals surface area contributed by atoms with Gasteiger partial charge in [-0.25, -0.2) is 0 Å². The first-order chi connectivity index (χ1) is 13.6. The van der Waals surface area contributed by atoms with Crippen LogP contribution in [0.3, 0.4) is 0 Å². The van der Waals surface area contributed by atoms with Gasteiger partial charge in [0.15, 0.2) is 0 Å². The predicted molar refractivity (Wildman–Crippen MR) is 115 cm³/mol. The number of benzene rings is 2. The topological polar surface area (TPSA) is 25.2 Å². The highest BCUT2D eigenvalue weighted by molar-refractivity contribution is 5.84. The molecule has 0 fully saturated rings. The fourth-order valence-corrected chi connectivity index (χ4v) is 3.66. The molecule has 0 spiro atoms. The predicted octanol–water partition coefficient (Wildman–Crippen LogP) is 5.47. The van der Waals surface area contributed by atoms with E-state index < -0.39 is 0 Å². The maximum Gasteiger partial charge on any atom is 0.230 e. The Kier molecular flexibility index (Phi) is 6.70. The molecule has 0 bridgehead atoms. The summed E-state index contributed by atoms with van der Waals surface area (Å²) in [6, 6.07) is 24.9. The van der Waals surface area contributed by atoms with Gasteiger partial charge in [-0.1, -0.05) is 67.6 Å². The van der Waals surface area contributed by atoms with Gasteiger partial charge < -0.3 is 9.47 Å². The fourth-order valence-electron chi connectivity index (χ4n) is 3.66. The van der Waals surface area contributed by atoms with Crippen LogP contribution < -0.4 is 0 Å². The molecule has 0 radical (unpaired) electrons. The monoisotopic (exact) mass is 374 g/mol. The minimum atomic E-state index is -0.0962. The molecule has 3 rings (SSSR count). The van der Waals surface area contributed by atoms with Crippen LogP contribution in [0.5, 0.6) is 0 Å². The number of nitrogens with zero attached hydrogens (tertiary/aromatic N) is 2. The van der Waals surface area contributed by atoms with E-state index in [1.165, 1.54) is 5.56 Å². The van der Waals surface area contributed by atoms with Crippen molar-refractivity contribution in [1.29, 1.82) is 0 Å². The molecular weight excluding hydrogens is 344 g/mol. The van der Waals surface area contributed by atoms with Crippen molar-refractivity contribution in [2.45, 2.75) is 52.2 Å². The number of carbonyl (C=O) groups excluding carboxylic acids is 1. The highest BCUT2D eigenvalue weighted by Gasteiger charge is 2.26. The van der Waals surface area contributed by atoms with Crippen molar-refractivity contribution in [3.05, 3.63) is 95.8 Å². The van der Waals surface area contributed by atoms with Gasteiger partial charge in [0.1, 0.15) is 0 Å². The minimum Gasteiger partial charge on any atom is -0.345 e. The van der Waals surface area contributed by atoms with Crippen LogP contribution >= 0.6 is 0 Å². The van der Waals surface area contributed by atoms with E-state index in [1.807, 2.05) is 29.2 Å². The molecule has 28 heavy (non-hydrogen) atoms. The van der Waals surface area contributed by atoms with E-state index in [-0.39, 0.29) is 17.9 Å². The van der Waals surface area contributed by atoms with E-state index in [2.05, 4.69) is 80.1 Å². The summed E-state index contributed by atoms with van der Waals surface area (Å²) in [6.07, 6.45) is 2.90. The van der Waals surface area contributed by atoms with Crippen molar-refractivity contribution < 1.29 is 4.79 Å². The Hall–Kier alpha value is -2.81. The van der Waals surface area contributed by atoms with Crippen molar-refractivity contribution in [1.82, 2.24) is 9.47 Å². The second-order valence-corrected chi connectivity index (χ2v) is 7.54. The van der Waals surface area contributed by atoms with Crippen LogP contribution in [-0.4, -0.2) is 21.4 Å². The summed E-state index contributed by atoms with van der Waals surface area (Å²) in [7, 11) is 0. The second-order valence-electron chi connectivity index (χ2n) is 7.54. The number of rotatable bonds is 8. The van der Waals surface area contributed by atoms with Gasteiger partial charge in [0.25, 0.3) is 0 Å². The van der Waals surface area contributed by atoms with Crippen LogP contribution in [-0.2, 0) is 17.9 Å². The van der Waals surface area contributed by atoms with Gasteiger partial charge in [-0.3, -0.25) is 4.79 Å². The zero-order valence-corrected chi connectivity index (χ0v) is 17.1. The van der Waals surface area contributed by atoms with Crippen LogP contribution in [0, 0.1) is 0 Å². The highest BCUT2D eigenvalue weighted by Crippen LogP contribution is 2.24. The van der Waals surface area contributed by atoms with E-state index >= 15 is 0 Å². The van der Waals surface area contributed by atoms with Crippen molar-refractivity contribution in [2.24, 2.45) is 0 Å². The molecular formula is C25H30N2O. The Balaban J connectivity index is 1.80. The summed E-state index contributed by atoms with van der Waals surface area (Å²) in [5, 5.41) is 0. The first kappa shape index (κ1) is 19.9. The summed E-state index contributed by atoms with van der Waals surface area (Å²) < 4.78 is 2.24. The van der Waals surface area contributed by atoms with E-state index in [9.17, 15) is 4.79 Å². The lowest BCUT2D eigenvalue weighted by Gasteiger charge is -2.31. The molecule has 1 aromatic heterocycles. The summed E-state index contributed by atoms with van der Waals surface area (Å²) in [4.78, 5) is 15.4. The molecule has 3 heteroatoms. The van der Waals surface area contributed by atoms with Gasteiger partial charge >= 0.3 is 0 Å². The molecule has 2 aromatic carbocycles. The largest absolute Gasteiger partial charge is 0.345 e. The zero-order chi connectivity index (χ0) is 19.9. The van der Waals surface area contributed by atoms with Crippen LogP contribution in [0.15, 0.2) is 79.0 Å². The van der Waals surface area contributed by atoms with Crippen molar-refractivity contribution >= 4 is 5.91 Å². The Bertz CT molecular complexity index is 868. The Morgan fingerprint density at radius 3 is 2.18 bits per heavy atom. The fraction of sp³-hybridized carbons (Fsp3) is 0.320. The third-order valence-electron chi connectivity index (χ3n) is 5.27. The molecule has 0 N–H and O–H groups in total. The standard InChI is InChI=1S/C25H30N2O/c1-4-24(22-14-9-6-10-15-22)25(28)27(20(2)3)19-23-16-11-17-26(23)18-21-12-7-5-8-13-21/h5-17,20,24H,4,18-19H2,1-3H3/t24-/m1/s1. The SMILES string of the molecule is CC[C@@H](C(=O)N(Cc1cccn1Cc1ccccc1)C(C)C)c1ccccc1. The Labute approximate surface area is 168 Å². The summed E-state index contributed by atoms with van der Waals surface area (Å²) in [6.45, 7) is 7.73. The van der Waals surface area contributed by atoms with Gasteiger partial charge in [0.2, 0.25) is 5.91 Å². The molecule has 0 saturated heterocycles. The van der Waals surface area contributed by atoms with Crippen molar-refractivity contribution in [2.75, 3.05) is 0 Å². The molecule has 3 aromatic rings. The number of hydrogen-bond donors (Lipinski definition) is 0. The third kappa shape index (κ3) is 4.72. The van der Waals surface area contributed by atoms with E-state index in [0.717, 1.165) is 24.2 Å². The Morgan fingerprint density at radius 1 is 0.929 bits per heavy atom. The number of carbonyl (C=O) groups is 1. The molecule has 0 aliphatic rings. The van der Waals surface area contributed by atoms with Gasteiger partial charge in [-0.15, -0.1) is 0 Å². The molecule has 0 saturated carbocycles. The second kappa shape index (κ2) is 9.41. The lowest BCUT2D eigenvalue weighted by atomic mass is 9.94. The first-order valence-electron chi connectivity index (χ1n) is 10.1. The van der Waals surface area contributed by atoms with Crippen LogP contribution in [0.4, 0.5) is 0 Å². The Morgan fingerprint density at radius 2 is 1.57 bits per heavy atom. The number of hydrogen-bond acceptors (Lipinski definition) is 1. The van der Waals surface area contributed by atoms with E-state index in [4.69, 9.17) is 0 Å².